The van der Waals surface area contributed by atoms with Gasteiger partial charge in [-0.1, -0.05) is 43.3 Å². The molecule has 5 heteroatoms. The predicted octanol–water partition coefficient (Wildman–Crippen LogP) is 4.63. The molecule has 2 heterocycles. The van der Waals surface area contributed by atoms with Crippen LogP contribution < -0.4 is 0 Å². The molecule has 0 aliphatic heterocycles. The van der Waals surface area contributed by atoms with Gasteiger partial charge < -0.3 is 9.72 Å². The number of carbonyl (C=O) groups is 2. The lowest BCUT2D eigenvalue weighted by molar-refractivity contribution is 0.0473. The summed E-state index contributed by atoms with van der Waals surface area (Å²) in [4.78, 5) is 33.1. The second-order valence-corrected chi connectivity index (χ2v) is 6.68. The van der Waals surface area contributed by atoms with Gasteiger partial charge >= 0.3 is 5.97 Å². The van der Waals surface area contributed by atoms with Gasteiger partial charge in [-0.15, -0.1) is 0 Å². The summed E-state index contributed by atoms with van der Waals surface area (Å²) < 4.78 is 5.39. The van der Waals surface area contributed by atoms with Crippen LogP contribution in [0, 0.1) is 6.92 Å². The van der Waals surface area contributed by atoms with Crippen LogP contribution in [0.25, 0.3) is 21.8 Å². The molecule has 2 aromatic carbocycles. The zero-order chi connectivity index (χ0) is 19.7. The third kappa shape index (κ3) is 3.05. The number of rotatable bonds is 5. The molecule has 0 aliphatic carbocycles. The maximum absolute atomic E-state index is 12.8. The number of para-hydroxylation sites is 2. The molecule has 4 rings (SSSR count). The number of ketones is 1. The van der Waals surface area contributed by atoms with Gasteiger partial charge in [0.05, 0.1) is 16.8 Å². The first kappa shape index (κ1) is 17.9. The maximum Gasteiger partial charge on any atom is 0.340 e. The monoisotopic (exact) mass is 372 g/mol. The fourth-order valence-electron chi connectivity index (χ4n) is 3.55. The van der Waals surface area contributed by atoms with E-state index in [9.17, 15) is 9.59 Å². The summed E-state index contributed by atoms with van der Waals surface area (Å²) in [6, 6.07) is 15.2. The van der Waals surface area contributed by atoms with E-state index < -0.39 is 5.97 Å². The second-order valence-electron chi connectivity index (χ2n) is 6.68. The number of fused-ring (bicyclic) bond motifs is 2. The Morgan fingerprint density at radius 2 is 1.75 bits per heavy atom. The first-order valence-electron chi connectivity index (χ1n) is 9.24. The van der Waals surface area contributed by atoms with Crippen molar-refractivity contribution in [1.29, 1.82) is 0 Å². The van der Waals surface area contributed by atoms with E-state index in [1.54, 1.807) is 6.20 Å². The van der Waals surface area contributed by atoms with Crippen LogP contribution in [-0.4, -0.2) is 28.3 Å². The standard InChI is InChI=1S/C23H20N2O3/c1-3-18-22(14(2)15-8-4-7-11-20(15)25-18)23(27)28-13-21(26)17-12-24-19-10-6-5-9-16(17)19/h4-12,24H,3,13H2,1-2H3. The predicted molar refractivity (Wildman–Crippen MR) is 109 cm³/mol. The number of aryl methyl sites for hydroxylation is 2. The Balaban J connectivity index is 1.60. The number of benzene rings is 2. The fourth-order valence-corrected chi connectivity index (χ4v) is 3.55. The van der Waals surface area contributed by atoms with Gasteiger partial charge in [0.15, 0.2) is 6.61 Å². The van der Waals surface area contributed by atoms with Crippen molar-refractivity contribution >= 4 is 33.6 Å². The molecule has 0 fully saturated rings. The first-order chi connectivity index (χ1) is 13.6. The van der Waals surface area contributed by atoms with Crippen molar-refractivity contribution in [2.75, 3.05) is 6.61 Å². The molecule has 0 saturated carbocycles. The van der Waals surface area contributed by atoms with E-state index in [1.165, 1.54) is 0 Å². The number of nitrogens with zero attached hydrogens (tertiary/aromatic N) is 1. The Morgan fingerprint density at radius 3 is 2.54 bits per heavy atom. The molecular formula is C23H20N2O3. The van der Waals surface area contributed by atoms with Crippen LogP contribution >= 0.6 is 0 Å². The number of ether oxygens (including phenoxy) is 1. The van der Waals surface area contributed by atoms with Crippen molar-refractivity contribution in [1.82, 2.24) is 9.97 Å². The number of aromatic amines is 1. The van der Waals surface area contributed by atoms with Crippen LogP contribution in [0.5, 0.6) is 0 Å². The molecule has 0 radical (unpaired) electrons. The molecule has 2 aromatic heterocycles. The number of H-pyrrole nitrogens is 1. The molecule has 5 nitrogen and oxygen atoms in total. The van der Waals surface area contributed by atoms with Gasteiger partial charge in [0.2, 0.25) is 5.78 Å². The number of nitrogens with one attached hydrogen (secondary N) is 1. The van der Waals surface area contributed by atoms with Crippen molar-refractivity contribution in [3.05, 3.63) is 77.1 Å². The summed E-state index contributed by atoms with van der Waals surface area (Å²) >= 11 is 0. The molecule has 0 spiro atoms. The van der Waals surface area contributed by atoms with Crippen molar-refractivity contribution < 1.29 is 14.3 Å². The van der Waals surface area contributed by atoms with E-state index in [-0.39, 0.29) is 12.4 Å². The van der Waals surface area contributed by atoms with Crippen LogP contribution in [0.2, 0.25) is 0 Å². The smallest absolute Gasteiger partial charge is 0.340 e. The molecule has 0 saturated heterocycles. The van der Waals surface area contributed by atoms with E-state index in [2.05, 4.69) is 9.97 Å². The Kier molecular flexibility index (Phi) is 4.65. The van der Waals surface area contributed by atoms with Gasteiger partial charge in [-0.05, 0) is 31.0 Å². The van der Waals surface area contributed by atoms with E-state index >= 15 is 0 Å². The molecule has 140 valence electrons. The van der Waals surface area contributed by atoms with Gasteiger partial charge in [0, 0.05) is 28.0 Å². The lowest BCUT2D eigenvalue weighted by Gasteiger charge is -2.13. The maximum atomic E-state index is 12.8. The molecule has 0 unspecified atom stereocenters. The van der Waals surface area contributed by atoms with Crippen LogP contribution in [0.3, 0.4) is 0 Å². The van der Waals surface area contributed by atoms with Gasteiger partial charge in [-0.2, -0.15) is 0 Å². The van der Waals surface area contributed by atoms with Crippen LogP contribution in [0.4, 0.5) is 0 Å². The number of aromatic nitrogens is 2. The van der Waals surface area contributed by atoms with Crippen LogP contribution in [-0.2, 0) is 11.2 Å². The lowest BCUT2D eigenvalue weighted by Crippen LogP contribution is -2.17. The minimum Gasteiger partial charge on any atom is -0.454 e. The molecule has 4 aromatic rings. The van der Waals surface area contributed by atoms with Crippen LogP contribution in [0.1, 0.15) is 38.9 Å². The average Bonchev–Trinajstić information content (AvgIpc) is 3.16. The average molecular weight is 372 g/mol. The molecule has 0 amide bonds. The van der Waals surface area contributed by atoms with Gasteiger partial charge in [0.25, 0.3) is 0 Å². The molecular weight excluding hydrogens is 352 g/mol. The van der Waals surface area contributed by atoms with E-state index in [0.29, 0.717) is 23.2 Å². The molecule has 1 N–H and O–H groups in total. The van der Waals surface area contributed by atoms with Gasteiger partial charge in [0.1, 0.15) is 0 Å². The number of hydrogen-bond donors (Lipinski definition) is 1. The largest absolute Gasteiger partial charge is 0.454 e. The summed E-state index contributed by atoms with van der Waals surface area (Å²) in [7, 11) is 0. The normalized spacial score (nSPS) is 11.1. The van der Waals surface area contributed by atoms with E-state index in [1.807, 2.05) is 62.4 Å². The Labute approximate surface area is 162 Å². The molecule has 28 heavy (non-hydrogen) atoms. The number of hydrogen-bond acceptors (Lipinski definition) is 4. The first-order valence-corrected chi connectivity index (χ1v) is 9.24. The highest BCUT2D eigenvalue weighted by Gasteiger charge is 2.21. The summed E-state index contributed by atoms with van der Waals surface area (Å²) in [5.74, 6) is -0.754. The number of carbonyl (C=O) groups excluding carboxylic acids is 2. The van der Waals surface area contributed by atoms with Crippen molar-refractivity contribution in [2.45, 2.75) is 20.3 Å². The molecule has 0 atom stereocenters. The second kappa shape index (κ2) is 7.27. The zero-order valence-electron chi connectivity index (χ0n) is 15.8. The highest BCUT2D eigenvalue weighted by molar-refractivity contribution is 6.09. The Morgan fingerprint density at radius 1 is 1.04 bits per heavy atom. The number of Topliss-reactive ketones (excluding diaryl/α,β-unsaturated/α-hetero) is 1. The highest BCUT2D eigenvalue weighted by Crippen LogP contribution is 2.24. The highest BCUT2D eigenvalue weighted by atomic mass is 16.5. The van der Waals surface area contributed by atoms with Crippen molar-refractivity contribution in [3.63, 3.8) is 0 Å². The molecule has 0 aliphatic rings. The van der Waals surface area contributed by atoms with Crippen molar-refractivity contribution in [2.24, 2.45) is 0 Å². The topological polar surface area (TPSA) is 72.0 Å². The summed E-state index contributed by atoms with van der Waals surface area (Å²) in [5, 5.41) is 1.73. The summed E-state index contributed by atoms with van der Waals surface area (Å²) in [6.07, 6.45) is 2.26. The fraction of sp³-hybridized carbons (Fsp3) is 0.174. The van der Waals surface area contributed by atoms with Gasteiger partial charge in [-0.3, -0.25) is 9.78 Å². The minimum atomic E-state index is -0.513. The van der Waals surface area contributed by atoms with Crippen molar-refractivity contribution in [3.8, 4) is 0 Å². The third-order valence-corrected chi connectivity index (χ3v) is 4.99. The number of pyridine rings is 1. The quantitative estimate of drug-likeness (QED) is 0.410. The Bertz CT molecular complexity index is 1210. The van der Waals surface area contributed by atoms with Gasteiger partial charge in [-0.25, -0.2) is 4.79 Å². The summed E-state index contributed by atoms with van der Waals surface area (Å²) in [6.45, 7) is 3.53. The SMILES string of the molecule is CCc1nc2ccccc2c(C)c1C(=O)OCC(=O)c1c[nH]c2ccccc12. The lowest BCUT2D eigenvalue weighted by atomic mass is 10.0. The minimum absolute atomic E-state index is 0.241. The third-order valence-electron chi connectivity index (χ3n) is 4.99. The number of esters is 1. The van der Waals surface area contributed by atoms with E-state index in [4.69, 9.17) is 4.74 Å². The van der Waals surface area contributed by atoms with Crippen LogP contribution in [0.15, 0.2) is 54.7 Å². The van der Waals surface area contributed by atoms with E-state index in [0.717, 1.165) is 27.4 Å². The summed E-state index contributed by atoms with van der Waals surface area (Å²) in [5.41, 5.74) is 4.21. The zero-order valence-corrected chi connectivity index (χ0v) is 15.8. The Hall–Kier alpha value is -3.47. The molecule has 0 bridgehead atoms.